The number of carbonyl (C=O) groups is 3. The van der Waals surface area contributed by atoms with Crippen LogP contribution in [0.3, 0.4) is 0 Å². The van der Waals surface area contributed by atoms with Crippen LogP contribution >= 0.6 is 0 Å². The van der Waals surface area contributed by atoms with Crippen LogP contribution in [0.15, 0.2) is 24.3 Å². The van der Waals surface area contributed by atoms with Gasteiger partial charge in [-0.1, -0.05) is 205 Å². The van der Waals surface area contributed by atoms with Crippen molar-refractivity contribution in [2.45, 2.75) is 442 Å². The van der Waals surface area contributed by atoms with E-state index < -0.39 is 254 Å². The molecular weight excluding hydrogens is 1580 g/mol. The van der Waals surface area contributed by atoms with Gasteiger partial charge in [-0.15, -0.1) is 0 Å². The zero-order chi connectivity index (χ0) is 87.6. The van der Waals surface area contributed by atoms with Crippen LogP contribution in [0.5, 0.6) is 0 Å². The Bertz CT molecular complexity index is 2790. The second-order valence-corrected chi connectivity index (χ2v) is 33.1. The Kier molecular flexibility index (Phi) is 51.2. The van der Waals surface area contributed by atoms with Gasteiger partial charge in [0.15, 0.2) is 37.7 Å². The summed E-state index contributed by atoms with van der Waals surface area (Å²) in [6, 6.07) is -4.50. The fraction of sp³-hybridized carbons (Fsp3) is 0.917. The summed E-state index contributed by atoms with van der Waals surface area (Å²) in [6.45, 7) is 0.0914. The maximum atomic E-state index is 13.6. The Morgan fingerprint density at radius 2 is 0.633 bits per heavy atom. The normalized spacial score (nSPS) is 35.6. The SMILES string of the molecule is CCCCCCCC/C=C\CCCCCCCCCCCCCCCC(=O)N[C@@H](CO[C@@H]1OC(CO)[C@@H](O[C@@H]2OC(CO)[C@H](O[C@@H]3OC(CO)[C@H](O)[C@H](O[C@@H]4OC(CO)[C@H](O)[C@H](O[C@H]5OC(CO)[C@H](O)[C@H](O[C@@H]6OC(CO)[C@H](O)[C@H](O)C6NC(C)=O)C5O)C4O)C3NC(C)=O)[C@H](O)C2O)[C@H](O)C1O)[C@H](O)/C=C/CCCCCCCCCCCCC. The van der Waals surface area contributed by atoms with Crippen LogP contribution in [0, 0.1) is 0 Å². The summed E-state index contributed by atoms with van der Waals surface area (Å²) >= 11 is 0. The average molecular weight is 1730 g/mol. The lowest BCUT2D eigenvalue weighted by molar-refractivity contribution is -0.389. The number of amides is 3. The Morgan fingerprint density at radius 3 is 1.06 bits per heavy atom. The number of rotatable bonds is 59. The van der Waals surface area contributed by atoms with Crippen molar-refractivity contribution in [2.75, 3.05) is 46.2 Å². The van der Waals surface area contributed by atoms with Gasteiger partial charge >= 0.3 is 0 Å². The van der Waals surface area contributed by atoms with Gasteiger partial charge in [-0.25, -0.2) is 0 Å². The molecule has 0 aromatic heterocycles. The standard InChI is InChI=1S/C84H151N3O33/c1-5-7-9-11-13-15-17-19-20-21-22-23-24-25-26-27-28-30-32-34-36-38-40-42-60(97)87-52(53(96)41-39-37-35-33-31-29-18-16-14-12-10-8-6-2)49-109-81-70(105)68(103)75(58(47-92)114-81)117-82-71(106)69(104)74(59(48-93)115-82)116-80-62(86-51(4)95)76(64(99)55(44-89)111-80)118-83-73(108)78(66(101)57(46-91)112-83)120-84-72(107)77(65(100)56(45-90)113-84)119-79-61(85-50(3)94)67(102)63(98)54(43-88)110-79/h19-20,39,41,52-59,61-84,88-93,96,98-108H,5-18,21-38,40,42-49H2,1-4H3,(H,85,94)(H,86,95)(H,87,97)/b20-19-,41-39+/t52-,53+,54?,55?,56?,57?,58?,59?,61?,62?,63-,64-,65-,66-,67+,68+,69+,70?,71?,72?,73?,74-,75+,76+,77-,78-,79-,80-,81+,82-,83-,84+/m0/s1. The topological polar surface area (TPSA) is 562 Å². The van der Waals surface area contributed by atoms with Gasteiger partial charge in [-0.3, -0.25) is 14.4 Å². The third-order valence-corrected chi connectivity index (χ3v) is 23.4. The van der Waals surface area contributed by atoms with Crippen LogP contribution < -0.4 is 16.0 Å². The van der Waals surface area contributed by atoms with Gasteiger partial charge in [0.25, 0.3) is 0 Å². The van der Waals surface area contributed by atoms with Gasteiger partial charge in [0.05, 0.1) is 58.4 Å². The third kappa shape index (κ3) is 33.7. The zero-order valence-electron chi connectivity index (χ0n) is 70.9. The molecule has 36 nitrogen and oxygen atoms in total. The maximum absolute atomic E-state index is 13.6. The van der Waals surface area contributed by atoms with E-state index >= 15 is 0 Å². The highest BCUT2D eigenvalue weighted by Crippen LogP contribution is 2.38. The van der Waals surface area contributed by atoms with Gasteiger partial charge in [-0.2, -0.15) is 0 Å². The fourth-order valence-corrected chi connectivity index (χ4v) is 16.2. The molecule has 12 unspecified atom stereocenters. The van der Waals surface area contributed by atoms with E-state index in [1.807, 2.05) is 6.08 Å². The first-order valence-electron chi connectivity index (χ1n) is 44.6. The van der Waals surface area contributed by atoms with E-state index in [0.717, 1.165) is 65.2 Å². The van der Waals surface area contributed by atoms with Crippen LogP contribution in [0.4, 0.5) is 0 Å². The molecule has 120 heavy (non-hydrogen) atoms. The van der Waals surface area contributed by atoms with Crippen LogP contribution in [-0.4, -0.2) is 352 Å². The largest absolute Gasteiger partial charge is 0.394 e. The molecule has 0 saturated carbocycles. The van der Waals surface area contributed by atoms with E-state index in [1.165, 1.54) is 148 Å². The lowest BCUT2D eigenvalue weighted by Crippen LogP contribution is -2.70. The van der Waals surface area contributed by atoms with Crippen LogP contribution in [-0.2, 0) is 71.2 Å². The molecule has 36 heteroatoms. The summed E-state index contributed by atoms with van der Waals surface area (Å²) in [6.07, 6.45) is -8.73. The van der Waals surface area contributed by atoms with Crippen LogP contribution in [0.1, 0.15) is 246 Å². The quantitative estimate of drug-likeness (QED) is 0.0291. The van der Waals surface area contributed by atoms with Crippen molar-refractivity contribution in [1.82, 2.24) is 16.0 Å². The molecule has 6 aliphatic rings. The van der Waals surface area contributed by atoms with Crippen molar-refractivity contribution in [2.24, 2.45) is 0 Å². The summed E-state index contributed by atoms with van der Waals surface area (Å²) in [5.74, 6) is -1.98. The second-order valence-electron chi connectivity index (χ2n) is 33.1. The molecule has 3 amide bonds. The summed E-state index contributed by atoms with van der Waals surface area (Å²) in [7, 11) is 0. The molecule has 6 saturated heterocycles. The molecule has 21 N–H and O–H groups in total. The van der Waals surface area contributed by atoms with Crippen LogP contribution in [0.25, 0.3) is 0 Å². The number of aliphatic hydroxyl groups excluding tert-OH is 18. The number of carbonyl (C=O) groups excluding carboxylic acids is 3. The molecule has 6 fully saturated rings. The van der Waals surface area contributed by atoms with Gasteiger partial charge < -0.3 is 165 Å². The highest BCUT2D eigenvalue weighted by atomic mass is 16.8. The maximum Gasteiger partial charge on any atom is 0.220 e. The molecule has 0 aromatic carbocycles. The Balaban J connectivity index is 1.05. The number of hydrogen-bond acceptors (Lipinski definition) is 33. The van der Waals surface area contributed by atoms with Gasteiger partial charge in [-0.05, 0) is 44.9 Å². The number of nitrogens with one attached hydrogen (secondary N) is 3. The van der Waals surface area contributed by atoms with Crippen molar-refractivity contribution in [1.29, 1.82) is 0 Å². The molecule has 0 bridgehead atoms. The smallest absolute Gasteiger partial charge is 0.220 e. The monoisotopic (exact) mass is 1730 g/mol. The Hall–Kier alpha value is -3.31. The molecule has 0 spiro atoms. The van der Waals surface area contributed by atoms with Crippen LogP contribution in [0.2, 0.25) is 0 Å². The van der Waals surface area contributed by atoms with Crippen molar-refractivity contribution in [3.8, 4) is 0 Å². The van der Waals surface area contributed by atoms with Gasteiger partial charge in [0.1, 0.15) is 146 Å². The minimum Gasteiger partial charge on any atom is -0.394 e. The van der Waals surface area contributed by atoms with Crippen molar-refractivity contribution < 1.29 is 163 Å². The first kappa shape index (κ1) is 105. The van der Waals surface area contributed by atoms with Gasteiger partial charge in [0.2, 0.25) is 17.7 Å². The van der Waals surface area contributed by atoms with E-state index in [4.69, 9.17) is 56.8 Å². The zero-order valence-corrected chi connectivity index (χ0v) is 70.9. The minimum absolute atomic E-state index is 0.177. The molecule has 6 rings (SSSR count). The molecule has 0 aliphatic carbocycles. The molecule has 6 aliphatic heterocycles. The summed E-state index contributed by atoms with van der Waals surface area (Å²) in [4.78, 5) is 38.9. The van der Waals surface area contributed by atoms with Crippen molar-refractivity contribution in [3.05, 3.63) is 24.3 Å². The molecule has 6 heterocycles. The summed E-state index contributed by atoms with van der Waals surface area (Å²) < 4.78 is 70.9. The van der Waals surface area contributed by atoms with E-state index in [0.29, 0.717) is 12.8 Å². The Labute approximate surface area is 706 Å². The van der Waals surface area contributed by atoms with Crippen molar-refractivity contribution in [3.63, 3.8) is 0 Å². The molecule has 0 aromatic rings. The first-order valence-corrected chi connectivity index (χ1v) is 44.6. The summed E-state index contributed by atoms with van der Waals surface area (Å²) in [5, 5.41) is 209. The highest BCUT2D eigenvalue weighted by Gasteiger charge is 2.59. The van der Waals surface area contributed by atoms with E-state index in [2.05, 4.69) is 41.9 Å². The number of ether oxygens (including phenoxy) is 12. The number of hydrogen-bond donors (Lipinski definition) is 21. The highest BCUT2D eigenvalue weighted by molar-refractivity contribution is 5.76. The predicted molar refractivity (Wildman–Crippen MR) is 431 cm³/mol. The molecule has 32 atom stereocenters. The third-order valence-electron chi connectivity index (χ3n) is 23.4. The van der Waals surface area contributed by atoms with Gasteiger partial charge in [0, 0.05) is 20.3 Å². The van der Waals surface area contributed by atoms with E-state index in [-0.39, 0.29) is 12.3 Å². The first-order chi connectivity index (χ1) is 57.8. The van der Waals surface area contributed by atoms with Crippen molar-refractivity contribution >= 4 is 17.7 Å². The minimum atomic E-state index is -2.29. The average Bonchev–Trinajstić information content (AvgIpc) is 0.760. The van der Waals surface area contributed by atoms with E-state index in [9.17, 15) is 106 Å². The number of unbranched alkanes of at least 4 members (excludes halogenated alkanes) is 30. The molecule has 700 valence electrons. The summed E-state index contributed by atoms with van der Waals surface area (Å²) in [5.41, 5.74) is 0. The molecule has 0 radical (unpaired) electrons. The Morgan fingerprint density at radius 1 is 0.325 bits per heavy atom. The van der Waals surface area contributed by atoms with E-state index in [1.54, 1.807) is 6.08 Å². The predicted octanol–water partition coefficient (Wildman–Crippen LogP) is 0.473. The lowest BCUT2D eigenvalue weighted by atomic mass is 9.94. The molecular formula is C84H151N3O33. The second kappa shape index (κ2) is 58.2. The fourth-order valence-electron chi connectivity index (χ4n) is 16.2. The number of allylic oxidation sites excluding steroid dienone is 3. The lowest BCUT2D eigenvalue weighted by Gasteiger charge is -2.51. The number of aliphatic hydroxyl groups is 18.